The van der Waals surface area contributed by atoms with E-state index in [-0.39, 0.29) is 51.0 Å². The minimum Gasteiger partial charge on any atom is -1.00 e. The molecule has 0 bridgehead atoms. The Kier molecular flexibility index (Phi) is 13.7. The fourth-order valence-corrected chi connectivity index (χ4v) is 5.36. The van der Waals surface area contributed by atoms with Crippen LogP contribution in [0, 0.1) is 0 Å². The second kappa shape index (κ2) is 16.0. The minimum atomic E-state index is -4.30. The average Bonchev–Trinajstić information content (AvgIpc) is 3.62. The van der Waals surface area contributed by atoms with Gasteiger partial charge >= 0.3 is 38.6 Å². The van der Waals surface area contributed by atoms with Crippen LogP contribution >= 0.6 is 0 Å². The molecule has 0 saturated carbocycles. The molecule has 9 heteroatoms. The van der Waals surface area contributed by atoms with Crippen molar-refractivity contribution < 1.29 is 77.4 Å². The van der Waals surface area contributed by atoms with E-state index < -0.39 is 23.5 Å². The predicted molar refractivity (Wildman–Crippen MR) is 168 cm³/mol. The first-order valence-corrected chi connectivity index (χ1v) is 14.5. The maximum atomic E-state index is 12.7. The first-order chi connectivity index (χ1) is 20.7. The quantitative estimate of drug-likeness (QED) is 0.138. The van der Waals surface area contributed by atoms with Crippen LogP contribution in [0.25, 0.3) is 43.8 Å². The van der Waals surface area contributed by atoms with E-state index in [0.717, 1.165) is 68.1 Å². The second-order valence-electron chi connectivity index (χ2n) is 11.7. The number of fused-ring (bicyclic) bond motifs is 2. The Bertz CT molecular complexity index is 1740. The zero-order valence-corrected chi connectivity index (χ0v) is 30.0. The summed E-state index contributed by atoms with van der Waals surface area (Å²) in [5.74, 6) is 0.848. The van der Waals surface area contributed by atoms with E-state index in [9.17, 15) is 26.3 Å². The third-order valence-corrected chi connectivity index (χ3v) is 7.93. The number of halogens is 8. The van der Waals surface area contributed by atoms with Gasteiger partial charge in [-0.25, -0.2) is 0 Å². The molecule has 0 spiro atoms. The van der Waals surface area contributed by atoms with Gasteiger partial charge in [0, 0.05) is 0 Å². The van der Waals surface area contributed by atoms with Crippen LogP contribution in [0.3, 0.4) is 0 Å². The monoisotopic (exact) mass is 762 g/mol. The Morgan fingerprint density at radius 1 is 0.489 bits per heavy atom. The molecule has 0 saturated heterocycles. The third-order valence-electron chi connectivity index (χ3n) is 7.93. The SMILES string of the molecule is CC(C)c1cc2c(-c3ccc(C(F)(F)F)cc3)cccc2[cH-]1.CC(C)c1cc2c(-c3ccc(C(F)(F)F)cc3)cccc2[cH-]1.[Cl-].[Cl-].[Zr+4]. The number of hydrogen-bond donors (Lipinski definition) is 0. The minimum absolute atomic E-state index is 0. The maximum Gasteiger partial charge on any atom is 4.00 e. The molecule has 244 valence electrons. The molecule has 0 nitrogen and oxygen atoms in total. The van der Waals surface area contributed by atoms with Gasteiger partial charge in [0.2, 0.25) is 0 Å². The number of hydrogen-bond acceptors (Lipinski definition) is 0. The van der Waals surface area contributed by atoms with Gasteiger partial charge in [0.05, 0.1) is 11.1 Å². The molecule has 0 atom stereocenters. The van der Waals surface area contributed by atoms with Gasteiger partial charge in [0.1, 0.15) is 0 Å². The average molecular weight is 765 g/mol. The van der Waals surface area contributed by atoms with E-state index in [2.05, 4.69) is 52.0 Å². The van der Waals surface area contributed by atoms with Gasteiger partial charge < -0.3 is 24.8 Å². The summed E-state index contributed by atoms with van der Waals surface area (Å²) < 4.78 is 76.0. The van der Waals surface area contributed by atoms with Crippen LogP contribution in [0.4, 0.5) is 26.3 Å². The summed E-state index contributed by atoms with van der Waals surface area (Å²) in [5.41, 5.74) is 4.81. The smallest absolute Gasteiger partial charge is 1.00 e. The predicted octanol–water partition coefficient (Wildman–Crippen LogP) is 6.74. The maximum absolute atomic E-state index is 12.7. The normalized spacial score (nSPS) is 11.5. The molecule has 0 N–H and O–H groups in total. The van der Waals surface area contributed by atoms with Gasteiger partial charge in [-0.05, 0) is 47.2 Å². The summed E-state index contributed by atoms with van der Waals surface area (Å²) in [6.07, 6.45) is -8.59. The van der Waals surface area contributed by atoms with Crippen molar-refractivity contribution in [3.8, 4) is 22.3 Å². The first-order valence-electron chi connectivity index (χ1n) is 14.5. The molecule has 47 heavy (non-hydrogen) atoms. The summed E-state index contributed by atoms with van der Waals surface area (Å²) in [6.45, 7) is 8.52. The molecule has 0 aliphatic carbocycles. The van der Waals surface area contributed by atoms with Crippen LogP contribution in [-0.4, -0.2) is 0 Å². The van der Waals surface area contributed by atoms with Crippen molar-refractivity contribution in [3.63, 3.8) is 0 Å². The van der Waals surface area contributed by atoms with Crippen LogP contribution in [0.15, 0.2) is 109 Å². The molecule has 0 amide bonds. The third kappa shape index (κ3) is 9.19. The van der Waals surface area contributed by atoms with Crippen molar-refractivity contribution in [2.24, 2.45) is 0 Å². The van der Waals surface area contributed by atoms with Crippen LogP contribution < -0.4 is 24.8 Å². The molecule has 0 heterocycles. The fourth-order valence-electron chi connectivity index (χ4n) is 5.36. The number of rotatable bonds is 4. The molecule has 0 aliphatic rings. The van der Waals surface area contributed by atoms with E-state index in [1.165, 1.54) is 11.1 Å². The van der Waals surface area contributed by atoms with Crippen molar-refractivity contribution in [3.05, 3.63) is 131 Å². The summed E-state index contributed by atoms with van der Waals surface area (Å²) >= 11 is 0. The Labute approximate surface area is 302 Å². The molecular formula is C38H32Cl2F6Zr. The van der Waals surface area contributed by atoms with E-state index in [0.29, 0.717) is 11.8 Å². The zero-order valence-electron chi connectivity index (χ0n) is 26.1. The number of alkyl halides is 6. The molecule has 0 aliphatic heterocycles. The molecule has 6 rings (SSSR count). The molecule has 6 aromatic carbocycles. The summed E-state index contributed by atoms with van der Waals surface area (Å²) in [6, 6.07) is 31.1. The standard InChI is InChI=1S/2C19H16F3.2ClH.Zr/c2*1-12(2)15-10-14-4-3-5-17(18(14)11-15)13-6-8-16(9-7-13)19(20,21)22;;;/h2*3-12H,1-2H3;2*1H;/q2*-1;;;+4/p-2. The topological polar surface area (TPSA) is 0 Å². The molecule has 0 aromatic heterocycles. The van der Waals surface area contributed by atoms with Gasteiger partial charge in [0.15, 0.2) is 0 Å². The van der Waals surface area contributed by atoms with E-state index in [4.69, 9.17) is 0 Å². The Morgan fingerprint density at radius 3 is 1.09 bits per heavy atom. The van der Waals surface area contributed by atoms with Crippen LogP contribution in [-0.2, 0) is 38.6 Å². The molecule has 0 fully saturated rings. The Hall–Kier alpha value is -2.86. The molecule has 0 radical (unpaired) electrons. The van der Waals surface area contributed by atoms with Gasteiger partial charge in [-0.1, -0.05) is 75.2 Å². The molecule has 6 aromatic rings. The van der Waals surface area contributed by atoms with Gasteiger partial charge in [-0.3, -0.25) is 0 Å². The van der Waals surface area contributed by atoms with Crippen molar-refractivity contribution >= 4 is 21.5 Å². The first kappa shape index (κ1) is 40.3. The molecule has 0 unspecified atom stereocenters. The van der Waals surface area contributed by atoms with Crippen molar-refractivity contribution in [1.82, 2.24) is 0 Å². The van der Waals surface area contributed by atoms with Crippen molar-refractivity contribution in [2.45, 2.75) is 51.9 Å². The zero-order chi connectivity index (χ0) is 31.8. The molecular weight excluding hydrogens is 733 g/mol. The van der Waals surface area contributed by atoms with Crippen molar-refractivity contribution in [2.75, 3.05) is 0 Å². The number of benzene rings is 4. The summed E-state index contributed by atoms with van der Waals surface area (Å²) in [5, 5.41) is 4.43. The van der Waals surface area contributed by atoms with E-state index >= 15 is 0 Å². The summed E-state index contributed by atoms with van der Waals surface area (Å²) in [4.78, 5) is 0. The fraction of sp³-hybridized carbons (Fsp3) is 0.211. The van der Waals surface area contributed by atoms with Crippen LogP contribution in [0.2, 0.25) is 0 Å². The van der Waals surface area contributed by atoms with E-state index in [1.807, 2.05) is 36.4 Å². The van der Waals surface area contributed by atoms with Crippen LogP contribution in [0.5, 0.6) is 0 Å². The Balaban J connectivity index is 0.000000307. The van der Waals surface area contributed by atoms with Gasteiger partial charge in [-0.2, -0.15) is 38.5 Å². The summed E-state index contributed by atoms with van der Waals surface area (Å²) in [7, 11) is 0. The van der Waals surface area contributed by atoms with Gasteiger partial charge in [0.25, 0.3) is 0 Å². The second-order valence-corrected chi connectivity index (χ2v) is 11.7. The van der Waals surface area contributed by atoms with Crippen LogP contribution in [0.1, 0.15) is 61.8 Å². The van der Waals surface area contributed by atoms with E-state index in [1.54, 1.807) is 24.3 Å². The van der Waals surface area contributed by atoms with Crippen molar-refractivity contribution in [1.29, 1.82) is 0 Å². The largest absolute Gasteiger partial charge is 4.00 e. The Morgan fingerprint density at radius 2 is 0.809 bits per heavy atom. The van der Waals surface area contributed by atoms with Gasteiger partial charge in [-0.15, -0.1) is 69.1 Å².